The van der Waals surface area contributed by atoms with Crippen molar-refractivity contribution in [2.45, 2.75) is 61.3 Å². The van der Waals surface area contributed by atoms with Crippen LogP contribution in [0.25, 0.3) is 10.8 Å². The molecule has 1 aliphatic heterocycles. The highest BCUT2D eigenvalue weighted by Gasteiger charge is 2.49. The fourth-order valence-corrected chi connectivity index (χ4v) is 7.24. The molecule has 1 aliphatic carbocycles. The largest absolute Gasteiger partial charge is 0.480 e. The molecule has 2 fully saturated rings. The maximum Gasteiger partial charge on any atom is 0.410 e. The first-order valence-corrected chi connectivity index (χ1v) is 12.6. The molecule has 8 heteroatoms. The van der Waals surface area contributed by atoms with Gasteiger partial charge in [0, 0.05) is 16.2 Å². The first-order chi connectivity index (χ1) is 16.4. The Balaban J connectivity index is 1.59. The van der Waals surface area contributed by atoms with E-state index in [2.05, 4.69) is 0 Å². The molecule has 182 valence electrons. The molecule has 2 aromatic rings. The van der Waals surface area contributed by atoms with Crippen LogP contribution in [0.2, 0.25) is 0 Å². The minimum Gasteiger partial charge on any atom is -0.480 e. The van der Waals surface area contributed by atoms with Crippen molar-refractivity contribution in [2.24, 2.45) is 11.8 Å². The number of nitrogens with zero attached hydrogens (tertiary/aromatic N) is 1. The zero-order chi connectivity index (χ0) is 24.4. The summed E-state index contributed by atoms with van der Waals surface area (Å²) in [5.41, 5.74) is 0.559. The second-order valence-electron chi connectivity index (χ2n) is 9.11. The normalized spacial score (nSPS) is 26.6. The number of likely N-dealkylation sites (tertiary alicyclic amines) is 1. The van der Waals surface area contributed by atoms with Gasteiger partial charge in [-0.25, -0.2) is 14.4 Å². The van der Waals surface area contributed by atoms with Gasteiger partial charge in [-0.3, -0.25) is 4.90 Å². The van der Waals surface area contributed by atoms with Crippen molar-refractivity contribution in [1.82, 2.24) is 4.90 Å². The average molecular weight is 486 g/mol. The van der Waals surface area contributed by atoms with Gasteiger partial charge in [-0.05, 0) is 66.8 Å². The highest BCUT2D eigenvalue weighted by Crippen LogP contribution is 2.48. The van der Waals surface area contributed by atoms with Gasteiger partial charge >= 0.3 is 18.0 Å². The predicted molar refractivity (Wildman–Crippen MR) is 130 cm³/mol. The number of carboxylic acid groups (broad SMARTS) is 1. The summed E-state index contributed by atoms with van der Waals surface area (Å²) < 4.78 is 9.99. The topological polar surface area (TPSA) is 93.1 Å². The van der Waals surface area contributed by atoms with Crippen LogP contribution in [0, 0.1) is 11.8 Å². The number of carbonyl (C=O) groups is 3. The third kappa shape index (κ3) is 4.60. The van der Waals surface area contributed by atoms with E-state index in [-0.39, 0.29) is 29.1 Å². The lowest BCUT2D eigenvalue weighted by molar-refractivity contribution is -0.148. The van der Waals surface area contributed by atoms with Crippen molar-refractivity contribution in [2.75, 3.05) is 14.2 Å². The van der Waals surface area contributed by atoms with Crippen LogP contribution in [0.5, 0.6) is 0 Å². The molecular weight excluding hydrogens is 454 g/mol. The number of piperidine rings is 1. The van der Waals surface area contributed by atoms with Gasteiger partial charge in [0.1, 0.15) is 6.04 Å². The summed E-state index contributed by atoms with van der Waals surface area (Å²) in [4.78, 5) is 39.4. The maximum absolute atomic E-state index is 12.5. The van der Waals surface area contributed by atoms with Crippen LogP contribution in [0.1, 0.15) is 49.4 Å². The Kier molecular flexibility index (Phi) is 7.36. The molecule has 4 rings (SSSR count). The number of esters is 1. The number of carboxylic acids is 1. The number of ether oxygens (including phenoxy) is 2. The molecular formula is C26H31NO6S. The van der Waals surface area contributed by atoms with Crippen LogP contribution in [0.15, 0.2) is 41.3 Å². The second kappa shape index (κ2) is 10.3. The Morgan fingerprint density at radius 3 is 2.38 bits per heavy atom. The number of rotatable bonds is 5. The highest BCUT2D eigenvalue weighted by molar-refractivity contribution is 8.00. The van der Waals surface area contributed by atoms with Crippen LogP contribution in [0.4, 0.5) is 4.79 Å². The molecule has 34 heavy (non-hydrogen) atoms. The summed E-state index contributed by atoms with van der Waals surface area (Å²) in [5, 5.41) is 12.2. The fourth-order valence-electron chi connectivity index (χ4n) is 5.82. The smallest absolute Gasteiger partial charge is 0.410 e. The molecule has 2 aromatic carbocycles. The van der Waals surface area contributed by atoms with Gasteiger partial charge in [-0.15, -0.1) is 11.8 Å². The number of fused-ring (bicyclic) bond motifs is 2. The molecule has 1 N–H and O–H groups in total. The van der Waals surface area contributed by atoms with Gasteiger partial charge in [0.25, 0.3) is 0 Å². The number of hydrogen-bond donors (Lipinski definition) is 1. The Morgan fingerprint density at radius 2 is 1.76 bits per heavy atom. The van der Waals surface area contributed by atoms with E-state index in [0.29, 0.717) is 18.4 Å². The number of aliphatic carboxylic acids is 1. The lowest BCUT2D eigenvalue weighted by Gasteiger charge is -2.50. The highest BCUT2D eigenvalue weighted by atomic mass is 32.2. The summed E-state index contributed by atoms with van der Waals surface area (Å²) in [5.74, 6) is -0.904. The molecule has 1 heterocycles. The SMILES string of the molecule is CCC1[C@@H]2CC[C@H](Sc3cc4ccccc4cc3C(=O)OC)C[C@@H]2C[C@@H](C(=O)O)N1C(=O)OC. The van der Waals surface area contributed by atoms with Gasteiger partial charge in [0.15, 0.2) is 0 Å². The first-order valence-electron chi connectivity index (χ1n) is 11.7. The lowest BCUT2D eigenvalue weighted by atomic mass is 9.68. The summed E-state index contributed by atoms with van der Waals surface area (Å²) in [6.45, 7) is 2.00. The molecule has 2 aliphatic rings. The Bertz CT molecular complexity index is 1090. The number of carbonyl (C=O) groups excluding carboxylic acids is 2. The second-order valence-corrected chi connectivity index (χ2v) is 10.4. The molecule has 1 saturated carbocycles. The number of hydrogen-bond acceptors (Lipinski definition) is 6. The minimum absolute atomic E-state index is 0.149. The summed E-state index contributed by atoms with van der Waals surface area (Å²) in [7, 11) is 2.69. The number of thioether (sulfide) groups is 1. The molecule has 0 aromatic heterocycles. The number of amides is 1. The molecule has 5 atom stereocenters. The molecule has 1 unspecified atom stereocenters. The van der Waals surface area contributed by atoms with E-state index in [0.717, 1.165) is 34.9 Å². The quantitative estimate of drug-likeness (QED) is 0.581. The Hall–Kier alpha value is -2.74. The van der Waals surface area contributed by atoms with Crippen LogP contribution in [-0.4, -0.2) is 59.6 Å². The predicted octanol–water partition coefficient (Wildman–Crippen LogP) is 5.21. The minimum atomic E-state index is -0.986. The fraction of sp³-hybridized carbons (Fsp3) is 0.500. The molecule has 7 nitrogen and oxygen atoms in total. The van der Waals surface area contributed by atoms with Gasteiger partial charge < -0.3 is 14.6 Å². The summed E-state index contributed by atoms with van der Waals surface area (Å²) in [6, 6.07) is 10.8. The van der Waals surface area contributed by atoms with Gasteiger partial charge in [-0.1, -0.05) is 31.2 Å². The van der Waals surface area contributed by atoms with Crippen molar-refractivity contribution in [3.8, 4) is 0 Å². The third-order valence-electron chi connectivity index (χ3n) is 7.34. The Labute approximate surface area is 203 Å². The monoisotopic (exact) mass is 485 g/mol. The van der Waals surface area contributed by atoms with Gasteiger partial charge in [0.05, 0.1) is 19.8 Å². The van der Waals surface area contributed by atoms with Crippen molar-refractivity contribution in [1.29, 1.82) is 0 Å². The van der Waals surface area contributed by atoms with E-state index in [1.165, 1.54) is 19.1 Å². The van der Waals surface area contributed by atoms with E-state index >= 15 is 0 Å². The Morgan fingerprint density at radius 1 is 1.06 bits per heavy atom. The maximum atomic E-state index is 12.5. The number of methoxy groups -OCH3 is 2. The standard InChI is InChI=1S/C26H31NO6S/c1-4-21-19-10-9-18(11-17(19)13-22(24(28)29)27(21)26(31)33-3)34-23-14-16-8-6-5-7-15(16)12-20(23)25(30)32-2/h5-8,12,14,17-19,21-22H,4,9-11,13H2,1-3H3,(H,28,29)/t17-,18+,19-,21?,22+/m1/s1. The zero-order valence-electron chi connectivity index (χ0n) is 19.7. The van der Waals surface area contributed by atoms with Gasteiger partial charge in [-0.2, -0.15) is 0 Å². The molecule has 1 amide bonds. The van der Waals surface area contributed by atoms with E-state index in [4.69, 9.17) is 9.47 Å². The van der Waals surface area contributed by atoms with Crippen molar-refractivity contribution in [3.63, 3.8) is 0 Å². The molecule has 0 radical (unpaired) electrons. The van der Waals surface area contributed by atoms with E-state index in [1.54, 1.807) is 11.8 Å². The van der Waals surface area contributed by atoms with E-state index in [9.17, 15) is 19.5 Å². The number of benzene rings is 2. The van der Waals surface area contributed by atoms with Crippen LogP contribution in [0.3, 0.4) is 0 Å². The zero-order valence-corrected chi connectivity index (χ0v) is 20.5. The van der Waals surface area contributed by atoms with E-state index < -0.39 is 18.1 Å². The molecule has 0 spiro atoms. The van der Waals surface area contributed by atoms with E-state index in [1.807, 2.05) is 43.3 Å². The summed E-state index contributed by atoms with van der Waals surface area (Å²) >= 11 is 1.68. The third-order valence-corrected chi connectivity index (χ3v) is 8.70. The van der Waals surface area contributed by atoms with Crippen LogP contribution >= 0.6 is 11.8 Å². The van der Waals surface area contributed by atoms with Crippen molar-refractivity contribution in [3.05, 3.63) is 42.0 Å². The van der Waals surface area contributed by atoms with Crippen molar-refractivity contribution >= 4 is 40.6 Å². The molecule has 1 saturated heterocycles. The van der Waals surface area contributed by atoms with Crippen LogP contribution < -0.4 is 0 Å². The summed E-state index contributed by atoms with van der Waals surface area (Å²) in [6.07, 6.45) is 3.23. The average Bonchev–Trinajstić information content (AvgIpc) is 2.85. The lowest BCUT2D eigenvalue weighted by Crippen LogP contribution is -2.60. The van der Waals surface area contributed by atoms with Gasteiger partial charge in [0.2, 0.25) is 0 Å². The van der Waals surface area contributed by atoms with Crippen LogP contribution in [-0.2, 0) is 14.3 Å². The van der Waals surface area contributed by atoms with Crippen molar-refractivity contribution < 1.29 is 29.0 Å². The molecule has 0 bridgehead atoms. The first kappa shape index (κ1) is 24.4.